The Labute approximate surface area is 140 Å². The summed E-state index contributed by atoms with van der Waals surface area (Å²) in [5.41, 5.74) is 2.55. The monoisotopic (exact) mass is 325 g/mol. The second-order valence-electron chi connectivity index (χ2n) is 5.55. The van der Waals surface area contributed by atoms with Crippen LogP contribution in [-0.2, 0) is 0 Å². The van der Waals surface area contributed by atoms with Crippen molar-refractivity contribution in [2.75, 3.05) is 7.11 Å². The van der Waals surface area contributed by atoms with E-state index >= 15 is 0 Å². The zero-order chi connectivity index (χ0) is 17.1. The Bertz CT molecular complexity index is 809. The smallest absolute Gasteiger partial charge is 0.234 e. The van der Waals surface area contributed by atoms with E-state index in [4.69, 9.17) is 9.47 Å². The summed E-state index contributed by atoms with van der Waals surface area (Å²) in [6.07, 6.45) is 1.71. The van der Waals surface area contributed by atoms with E-state index in [1.54, 1.807) is 36.2 Å². The van der Waals surface area contributed by atoms with Crippen molar-refractivity contribution in [3.8, 4) is 34.5 Å². The Morgan fingerprint density at radius 3 is 2.38 bits per heavy atom. The molecule has 0 aliphatic carbocycles. The number of hydrogen-bond acceptors (Lipinski definition) is 5. The summed E-state index contributed by atoms with van der Waals surface area (Å²) in [5, 5.41) is 14.0. The highest BCUT2D eigenvalue weighted by Gasteiger charge is 2.14. The average molecular weight is 325 g/mol. The third-order valence-electron chi connectivity index (χ3n) is 3.38. The Hall–Kier alpha value is -3.02. The lowest BCUT2D eigenvalue weighted by molar-refractivity contribution is 0.231. The van der Waals surface area contributed by atoms with Crippen molar-refractivity contribution in [3.63, 3.8) is 0 Å². The first kappa shape index (κ1) is 15.9. The molecule has 24 heavy (non-hydrogen) atoms. The van der Waals surface area contributed by atoms with Crippen molar-refractivity contribution in [1.29, 1.82) is 0 Å². The van der Waals surface area contributed by atoms with Gasteiger partial charge in [0.25, 0.3) is 0 Å². The maximum Gasteiger partial charge on any atom is 0.234 e. The number of phenols is 1. The quantitative estimate of drug-likeness (QED) is 0.778. The minimum absolute atomic E-state index is 0.0232. The van der Waals surface area contributed by atoms with Crippen LogP contribution in [0.25, 0.3) is 16.9 Å². The largest absolute Gasteiger partial charge is 0.508 e. The van der Waals surface area contributed by atoms with Crippen LogP contribution in [0.5, 0.6) is 17.5 Å². The number of aromatic nitrogens is 3. The van der Waals surface area contributed by atoms with Crippen molar-refractivity contribution >= 4 is 0 Å². The molecular weight excluding hydrogens is 306 g/mol. The zero-order valence-corrected chi connectivity index (χ0v) is 13.8. The van der Waals surface area contributed by atoms with Gasteiger partial charge in [0.05, 0.1) is 30.8 Å². The minimum Gasteiger partial charge on any atom is -0.508 e. The van der Waals surface area contributed by atoms with Crippen LogP contribution in [0.15, 0.2) is 48.7 Å². The molecule has 0 spiro atoms. The molecule has 0 bridgehead atoms. The summed E-state index contributed by atoms with van der Waals surface area (Å²) in [5.74, 6) is 1.29. The van der Waals surface area contributed by atoms with Crippen LogP contribution >= 0.6 is 0 Å². The van der Waals surface area contributed by atoms with Gasteiger partial charge in [0.15, 0.2) is 0 Å². The molecule has 124 valence electrons. The predicted octanol–water partition coefficient (Wildman–Crippen LogP) is 3.44. The molecule has 3 rings (SSSR count). The van der Waals surface area contributed by atoms with E-state index in [2.05, 4.69) is 10.1 Å². The summed E-state index contributed by atoms with van der Waals surface area (Å²) in [6, 6.07) is 12.5. The standard InChI is InChI=1S/C18H19N3O3/c1-12(2)24-18-10-16(13-4-7-15(22)8-5-13)21(20-18)14-6-9-17(23-3)19-11-14/h4-12,22H,1-3H3. The molecule has 0 amide bonds. The highest BCUT2D eigenvalue weighted by atomic mass is 16.5. The molecule has 1 aromatic carbocycles. The van der Waals surface area contributed by atoms with Gasteiger partial charge in [-0.25, -0.2) is 9.67 Å². The topological polar surface area (TPSA) is 69.4 Å². The molecular formula is C18H19N3O3. The number of benzene rings is 1. The molecule has 2 aromatic heterocycles. The predicted molar refractivity (Wildman–Crippen MR) is 90.8 cm³/mol. The molecule has 0 unspecified atom stereocenters. The molecule has 0 atom stereocenters. The molecule has 0 saturated heterocycles. The second kappa shape index (κ2) is 6.62. The van der Waals surface area contributed by atoms with Gasteiger partial charge in [-0.1, -0.05) is 0 Å². The van der Waals surface area contributed by atoms with Crippen molar-refractivity contribution in [2.24, 2.45) is 0 Å². The van der Waals surface area contributed by atoms with Crippen LogP contribution in [0.4, 0.5) is 0 Å². The number of methoxy groups -OCH3 is 1. The van der Waals surface area contributed by atoms with Crippen molar-refractivity contribution in [1.82, 2.24) is 14.8 Å². The fourth-order valence-electron chi connectivity index (χ4n) is 2.31. The number of nitrogens with zero attached hydrogens (tertiary/aromatic N) is 3. The van der Waals surface area contributed by atoms with E-state index < -0.39 is 0 Å². The molecule has 6 nitrogen and oxygen atoms in total. The SMILES string of the molecule is COc1ccc(-n2nc(OC(C)C)cc2-c2ccc(O)cc2)cn1. The first-order valence-corrected chi connectivity index (χ1v) is 7.63. The van der Waals surface area contributed by atoms with E-state index in [1.165, 1.54) is 0 Å². The van der Waals surface area contributed by atoms with Gasteiger partial charge in [0, 0.05) is 17.7 Å². The number of phenolic OH excluding ortho intramolecular Hbond substituents is 1. The van der Waals surface area contributed by atoms with Crippen LogP contribution in [0.1, 0.15) is 13.8 Å². The molecule has 0 radical (unpaired) electrons. The molecule has 0 aliphatic rings. The van der Waals surface area contributed by atoms with Gasteiger partial charge in [-0.3, -0.25) is 0 Å². The number of hydrogen-bond donors (Lipinski definition) is 1. The van der Waals surface area contributed by atoms with E-state index in [9.17, 15) is 5.11 Å². The second-order valence-corrected chi connectivity index (χ2v) is 5.55. The Balaban J connectivity index is 2.07. The maximum absolute atomic E-state index is 9.50. The molecule has 0 fully saturated rings. The lowest BCUT2D eigenvalue weighted by Gasteiger charge is -2.08. The molecule has 1 N–H and O–H groups in total. The number of rotatable bonds is 5. The lowest BCUT2D eigenvalue weighted by Crippen LogP contribution is -2.06. The summed E-state index contributed by atoms with van der Waals surface area (Å²) < 4.78 is 12.6. The van der Waals surface area contributed by atoms with Gasteiger partial charge in [0.1, 0.15) is 5.75 Å². The molecule has 3 aromatic rings. The number of aromatic hydroxyl groups is 1. The molecule has 0 aliphatic heterocycles. The van der Waals surface area contributed by atoms with Crippen molar-refractivity contribution < 1.29 is 14.6 Å². The summed E-state index contributed by atoms with van der Waals surface area (Å²) in [4.78, 5) is 4.23. The van der Waals surface area contributed by atoms with Gasteiger partial charge in [-0.15, -0.1) is 5.10 Å². The number of ether oxygens (including phenoxy) is 2. The van der Waals surface area contributed by atoms with Crippen LogP contribution in [0, 0.1) is 0 Å². The summed E-state index contributed by atoms with van der Waals surface area (Å²) in [6.45, 7) is 3.91. The van der Waals surface area contributed by atoms with Crippen molar-refractivity contribution in [3.05, 3.63) is 48.7 Å². The third kappa shape index (κ3) is 3.32. The van der Waals surface area contributed by atoms with Gasteiger partial charge < -0.3 is 14.6 Å². The summed E-state index contributed by atoms with van der Waals surface area (Å²) in [7, 11) is 1.58. The normalized spacial score (nSPS) is 10.8. The van der Waals surface area contributed by atoms with E-state index in [-0.39, 0.29) is 11.9 Å². The highest BCUT2D eigenvalue weighted by Crippen LogP contribution is 2.28. The molecule has 2 heterocycles. The molecule has 6 heteroatoms. The fraction of sp³-hybridized carbons (Fsp3) is 0.222. The zero-order valence-electron chi connectivity index (χ0n) is 13.8. The summed E-state index contributed by atoms with van der Waals surface area (Å²) >= 11 is 0. The molecule has 0 saturated carbocycles. The highest BCUT2D eigenvalue weighted by molar-refractivity contribution is 5.64. The van der Waals surface area contributed by atoms with Gasteiger partial charge >= 0.3 is 0 Å². The average Bonchev–Trinajstić information content (AvgIpc) is 2.98. The Kier molecular flexibility index (Phi) is 4.37. The van der Waals surface area contributed by atoms with E-state index in [0.717, 1.165) is 16.9 Å². The number of pyridine rings is 1. The lowest BCUT2D eigenvalue weighted by atomic mass is 10.1. The Morgan fingerprint density at radius 1 is 1.04 bits per heavy atom. The van der Waals surface area contributed by atoms with Crippen LogP contribution in [-0.4, -0.2) is 33.1 Å². The van der Waals surface area contributed by atoms with Gasteiger partial charge in [-0.05, 0) is 44.2 Å². The van der Waals surface area contributed by atoms with Gasteiger partial charge in [0.2, 0.25) is 11.8 Å². The van der Waals surface area contributed by atoms with Crippen LogP contribution in [0.3, 0.4) is 0 Å². The maximum atomic E-state index is 9.50. The van der Waals surface area contributed by atoms with E-state index in [1.807, 2.05) is 38.1 Å². The van der Waals surface area contributed by atoms with E-state index in [0.29, 0.717) is 11.8 Å². The Morgan fingerprint density at radius 2 is 1.79 bits per heavy atom. The van der Waals surface area contributed by atoms with Crippen LogP contribution in [0.2, 0.25) is 0 Å². The van der Waals surface area contributed by atoms with Crippen LogP contribution < -0.4 is 9.47 Å². The fourth-order valence-corrected chi connectivity index (χ4v) is 2.31. The third-order valence-corrected chi connectivity index (χ3v) is 3.38. The van der Waals surface area contributed by atoms with Gasteiger partial charge in [-0.2, -0.15) is 0 Å². The van der Waals surface area contributed by atoms with Crippen molar-refractivity contribution in [2.45, 2.75) is 20.0 Å². The first-order valence-electron chi connectivity index (χ1n) is 7.63. The first-order chi connectivity index (χ1) is 11.6. The minimum atomic E-state index is 0.0232.